The predicted octanol–water partition coefficient (Wildman–Crippen LogP) is 2.58. The number of sulfonamides is 1. The van der Waals surface area contributed by atoms with Gasteiger partial charge in [0.1, 0.15) is 5.69 Å². The molecule has 2 heterocycles. The minimum Gasteiger partial charge on any atom is -0.379 e. The normalized spacial score (nSPS) is 14.9. The van der Waals surface area contributed by atoms with Crippen molar-refractivity contribution >= 4 is 27.5 Å². The number of nitrogens with one attached hydrogen (secondary N) is 1. The lowest BCUT2D eigenvalue weighted by Gasteiger charge is -2.26. The molecule has 0 bridgehead atoms. The van der Waals surface area contributed by atoms with Crippen LogP contribution in [0.5, 0.6) is 0 Å². The topological polar surface area (TPSA) is 93.5 Å². The molecule has 3 aromatic rings. The zero-order valence-electron chi connectivity index (χ0n) is 17.3. The van der Waals surface area contributed by atoms with Crippen LogP contribution in [0, 0.1) is 0 Å². The molecule has 1 fully saturated rings. The molecule has 1 aliphatic heterocycles. The Morgan fingerprint density at radius 3 is 2.44 bits per heavy atom. The molecule has 0 saturated carbocycles. The monoisotopic (exact) mass is 474 g/mol. The summed E-state index contributed by atoms with van der Waals surface area (Å²) >= 11 is 5.98. The van der Waals surface area contributed by atoms with E-state index in [-0.39, 0.29) is 12.3 Å². The van der Waals surface area contributed by atoms with E-state index in [4.69, 9.17) is 16.3 Å². The molecule has 10 heteroatoms. The van der Waals surface area contributed by atoms with Crippen LogP contribution in [0.1, 0.15) is 10.5 Å². The van der Waals surface area contributed by atoms with Crippen LogP contribution < -0.4 is 5.32 Å². The second-order valence-electron chi connectivity index (χ2n) is 7.25. The quantitative estimate of drug-likeness (QED) is 0.568. The Morgan fingerprint density at radius 2 is 1.75 bits per heavy atom. The number of para-hydroxylation sites is 1. The number of amides is 1. The molecule has 1 aromatic heterocycles. The van der Waals surface area contributed by atoms with Gasteiger partial charge in [0.25, 0.3) is 5.91 Å². The summed E-state index contributed by atoms with van der Waals surface area (Å²) in [6, 6.07) is 18.1. The molecule has 8 nitrogen and oxygen atoms in total. The maximum absolute atomic E-state index is 13.0. The summed E-state index contributed by atoms with van der Waals surface area (Å²) in [7, 11) is -3.46. The van der Waals surface area contributed by atoms with Gasteiger partial charge in [-0.1, -0.05) is 41.9 Å². The van der Waals surface area contributed by atoms with E-state index in [1.54, 1.807) is 22.9 Å². The summed E-state index contributed by atoms with van der Waals surface area (Å²) in [6.45, 7) is 1.43. The van der Waals surface area contributed by atoms with E-state index < -0.39 is 15.9 Å². The van der Waals surface area contributed by atoms with Crippen LogP contribution in [0.2, 0.25) is 5.02 Å². The standard InChI is InChI=1S/C22H23ClN4O4S/c23-18-8-6-17(7-9-18)20-16-21(27(25-20)19-4-2-1-3-5-19)22(28)24-10-15-32(29,30)26-11-13-31-14-12-26/h1-9,16H,10-15H2,(H,24,28). The molecule has 0 unspecified atom stereocenters. The first-order valence-corrected chi connectivity index (χ1v) is 12.2. The summed E-state index contributed by atoms with van der Waals surface area (Å²) in [4.78, 5) is 13.0. The first kappa shape index (κ1) is 22.5. The van der Waals surface area contributed by atoms with E-state index in [1.807, 2.05) is 42.5 Å². The third-order valence-electron chi connectivity index (χ3n) is 5.09. The molecule has 0 atom stereocenters. The molecule has 32 heavy (non-hydrogen) atoms. The van der Waals surface area contributed by atoms with Gasteiger partial charge in [-0.3, -0.25) is 4.79 Å². The average molecular weight is 475 g/mol. The summed E-state index contributed by atoms with van der Waals surface area (Å²) in [6.07, 6.45) is 0. The van der Waals surface area contributed by atoms with E-state index in [0.29, 0.717) is 42.7 Å². The average Bonchev–Trinajstić information content (AvgIpc) is 3.26. The molecule has 0 radical (unpaired) electrons. The van der Waals surface area contributed by atoms with Gasteiger partial charge in [0.05, 0.1) is 30.3 Å². The molecular weight excluding hydrogens is 452 g/mol. The van der Waals surface area contributed by atoms with Crippen molar-refractivity contribution in [2.24, 2.45) is 0 Å². The number of rotatable bonds is 7. The molecule has 4 rings (SSSR count). The van der Waals surface area contributed by atoms with Crippen molar-refractivity contribution in [1.82, 2.24) is 19.4 Å². The predicted molar refractivity (Wildman–Crippen MR) is 123 cm³/mol. The van der Waals surface area contributed by atoms with Crippen LogP contribution in [-0.4, -0.2) is 67.0 Å². The van der Waals surface area contributed by atoms with Crippen molar-refractivity contribution in [3.63, 3.8) is 0 Å². The van der Waals surface area contributed by atoms with Gasteiger partial charge in [0.2, 0.25) is 10.0 Å². The van der Waals surface area contributed by atoms with E-state index in [0.717, 1.165) is 11.3 Å². The number of morpholine rings is 1. The fourth-order valence-corrected chi connectivity index (χ4v) is 4.86. The Morgan fingerprint density at radius 1 is 1.06 bits per heavy atom. The number of carbonyl (C=O) groups excluding carboxylic acids is 1. The van der Waals surface area contributed by atoms with Gasteiger partial charge >= 0.3 is 0 Å². The van der Waals surface area contributed by atoms with Gasteiger partial charge in [-0.25, -0.2) is 13.1 Å². The van der Waals surface area contributed by atoms with Crippen LogP contribution in [0.3, 0.4) is 0 Å². The number of nitrogens with zero attached hydrogens (tertiary/aromatic N) is 3. The number of carbonyl (C=O) groups is 1. The van der Waals surface area contributed by atoms with Crippen molar-refractivity contribution in [2.45, 2.75) is 0 Å². The number of aromatic nitrogens is 2. The van der Waals surface area contributed by atoms with Crippen LogP contribution in [0.15, 0.2) is 60.7 Å². The van der Waals surface area contributed by atoms with Gasteiger partial charge in [0.15, 0.2) is 0 Å². The minimum atomic E-state index is -3.46. The summed E-state index contributed by atoms with van der Waals surface area (Å²) in [5.41, 5.74) is 2.45. The second kappa shape index (κ2) is 9.83. The first-order valence-electron chi connectivity index (χ1n) is 10.2. The van der Waals surface area contributed by atoms with Crippen LogP contribution in [-0.2, 0) is 14.8 Å². The zero-order chi connectivity index (χ0) is 22.6. The smallest absolute Gasteiger partial charge is 0.270 e. The summed E-state index contributed by atoms with van der Waals surface area (Å²) in [5, 5.41) is 7.93. The third-order valence-corrected chi connectivity index (χ3v) is 7.22. The molecule has 168 valence electrons. The highest BCUT2D eigenvalue weighted by Crippen LogP contribution is 2.23. The van der Waals surface area contributed by atoms with Gasteiger partial charge in [0, 0.05) is 30.2 Å². The molecule has 1 amide bonds. The van der Waals surface area contributed by atoms with Gasteiger partial charge in [-0.05, 0) is 30.3 Å². The number of hydrogen-bond donors (Lipinski definition) is 1. The molecular formula is C22H23ClN4O4S. The Labute approximate surface area is 191 Å². The number of halogens is 1. The molecule has 1 saturated heterocycles. The van der Waals surface area contributed by atoms with Crippen LogP contribution >= 0.6 is 11.6 Å². The Hall–Kier alpha value is -2.72. The lowest BCUT2D eigenvalue weighted by molar-refractivity contribution is 0.0730. The lowest BCUT2D eigenvalue weighted by atomic mass is 10.1. The highest BCUT2D eigenvalue weighted by molar-refractivity contribution is 7.89. The van der Waals surface area contributed by atoms with Crippen LogP contribution in [0.4, 0.5) is 0 Å². The van der Waals surface area contributed by atoms with Crippen LogP contribution in [0.25, 0.3) is 16.9 Å². The van der Waals surface area contributed by atoms with Crippen molar-refractivity contribution in [3.05, 3.63) is 71.4 Å². The van der Waals surface area contributed by atoms with Crippen molar-refractivity contribution in [3.8, 4) is 16.9 Å². The maximum atomic E-state index is 13.0. The Bertz CT molecular complexity index is 1170. The largest absolute Gasteiger partial charge is 0.379 e. The van der Waals surface area contributed by atoms with E-state index in [2.05, 4.69) is 10.4 Å². The Balaban J connectivity index is 1.53. The number of hydrogen-bond acceptors (Lipinski definition) is 5. The number of benzene rings is 2. The summed E-state index contributed by atoms with van der Waals surface area (Å²) < 4.78 is 33.2. The van der Waals surface area contributed by atoms with Crippen molar-refractivity contribution in [1.29, 1.82) is 0 Å². The van der Waals surface area contributed by atoms with Crippen molar-refractivity contribution in [2.75, 3.05) is 38.6 Å². The molecule has 0 spiro atoms. The SMILES string of the molecule is O=C(NCCS(=O)(=O)N1CCOCC1)c1cc(-c2ccc(Cl)cc2)nn1-c1ccccc1. The summed E-state index contributed by atoms with van der Waals surface area (Å²) in [5.74, 6) is -0.582. The molecule has 1 aliphatic rings. The van der Waals surface area contributed by atoms with Crippen molar-refractivity contribution < 1.29 is 17.9 Å². The third kappa shape index (κ3) is 5.18. The lowest BCUT2D eigenvalue weighted by Crippen LogP contribution is -2.43. The van der Waals surface area contributed by atoms with Gasteiger partial charge in [-0.2, -0.15) is 9.40 Å². The number of ether oxygens (including phenoxy) is 1. The Kier molecular flexibility index (Phi) is 6.90. The zero-order valence-corrected chi connectivity index (χ0v) is 18.8. The highest BCUT2D eigenvalue weighted by atomic mass is 35.5. The molecule has 1 N–H and O–H groups in total. The van der Waals surface area contributed by atoms with E-state index >= 15 is 0 Å². The van der Waals surface area contributed by atoms with Gasteiger partial charge in [-0.15, -0.1) is 0 Å². The van der Waals surface area contributed by atoms with Gasteiger partial charge < -0.3 is 10.1 Å². The molecule has 0 aliphatic carbocycles. The first-order chi connectivity index (χ1) is 15.4. The fraction of sp³-hybridized carbons (Fsp3) is 0.273. The highest BCUT2D eigenvalue weighted by Gasteiger charge is 2.24. The second-order valence-corrected chi connectivity index (χ2v) is 9.78. The minimum absolute atomic E-state index is 0.00519. The van der Waals surface area contributed by atoms with E-state index in [9.17, 15) is 13.2 Å². The fourth-order valence-electron chi connectivity index (χ4n) is 3.41. The molecule has 2 aromatic carbocycles. The van der Waals surface area contributed by atoms with E-state index in [1.165, 1.54) is 4.31 Å². The maximum Gasteiger partial charge on any atom is 0.270 e.